The predicted molar refractivity (Wildman–Crippen MR) is 65.7 cm³/mol. The molecule has 0 aliphatic rings. The Morgan fingerprint density at radius 2 is 2.00 bits per heavy atom. The van der Waals surface area contributed by atoms with Crippen LogP contribution < -0.4 is 5.32 Å². The zero-order chi connectivity index (χ0) is 12.2. The Labute approximate surface area is 103 Å². The van der Waals surface area contributed by atoms with E-state index in [0.29, 0.717) is 12.1 Å². The Hall–Kier alpha value is -0.480. The molecule has 1 aromatic rings. The van der Waals surface area contributed by atoms with E-state index >= 15 is 0 Å². The molecule has 0 unspecified atom stereocenters. The molecular weight excluding hydrogens is 276 g/mol. The highest BCUT2D eigenvalue weighted by Gasteiger charge is 2.16. The van der Waals surface area contributed by atoms with E-state index in [1.807, 2.05) is 0 Å². The first-order valence-corrected chi connectivity index (χ1v) is 6.32. The smallest absolute Gasteiger partial charge is 0.130 e. The van der Waals surface area contributed by atoms with Crippen LogP contribution >= 0.6 is 15.9 Å². The number of hydrogen-bond acceptors (Lipinski definition) is 1. The van der Waals surface area contributed by atoms with Gasteiger partial charge in [0, 0.05) is 29.0 Å². The summed E-state index contributed by atoms with van der Waals surface area (Å²) in [4.78, 5) is 0. The molecule has 0 saturated carbocycles. The van der Waals surface area contributed by atoms with Gasteiger partial charge in [0.2, 0.25) is 0 Å². The normalized spacial score (nSPS) is 11.8. The molecule has 4 heteroatoms. The van der Waals surface area contributed by atoms with Crippen LogP contribution in [0.15, 0.2) is 18.2 Å². The standard InChI is InChI=1S/C12H16BrF2N/c1-12(2,5-6-13)16-8-9-3-4-10(14)7-11(9)15/h3-4,7,16H,5-6,8H2,1-2H3. The molecule has 16 heavy (non-hydrogen) atoms. The molecule has 0 fully saturated rings. The van der Waals surface area contributed by atoms with Crippen molar-refractivity contribution in [2.24, 2.45) is 0 Å². The van der Waals surface area contributed by atoms with Crippen LogP contribution in [0.2, 0.25) is 0 Å². The third-order valence-corrected chi connectivity index (χ3v) is 2.89. The molecule has 0 aliphatic carbocycles. The van der Waals surface area contributed by atoms with E-state index in [0.717, 1.165) is 17.8 Å². The fourth-order valence-electron chi connectivity index (χ4n) is 1.32. The van der Waals surface area contributed by atoms with Crippen LogP contribution in [0.4, 0.5) is 8.78 Å². The second-order valence-electron chi connectivity index (χ2n) is 4.41. The van der Waals surface area contributed by atoms with Crippen LogP contribution in [0.3, 0.4) is 0 Å². The zero-order valence-electron chi connectivity index (χ0n) is 9.49. The van der Waals surface area contributed by atoms with Crippen molar-refractivity contribution in [3.05, 3.63) is 35.4 Å². The maximum Gasteiger partial charge on any atom is 0.130 e. The van der Waals surface area contributed by atoms with E-state index < -0.39 is 11.6 Å². The largest absolute Gasteiger partial charge is 0.308 e. The Balaban J connectivity index is 2.61. The summed E-state index contributed by atoms with van der Waals surface area (Å²) in [5.74, 6) is -1.04. The lowest BCUT2D eigenvalue weighted by molar-refractivity contribution is 0.374. The molecule has 0 aliphatic heterocycles. The van der Waals surface area contributed by atoms with Crippen molar-refractivity contribution in [1.29, 1.82) is 0 Å². The molecule has 90 valence electrons. The maximum atomic E-state index is 13.3. The Bertz CT molecular complexity index is 353. The van der Waals surface area contributed by atoms with Crippen LogP contribution in [-0.4, -0.2) is 10.9 Å². The van der Waals surface area contributed by atoms with Gasteiger partial charge >= 0.3 is 0 Å². The van der Waals surface area contributed by atoms with Crippen molar-refractivity contribution < 1.29 is 8.78 Å². The van der Waals surface area contributed by atoms with Gasteiger partial charge in [-0.1, -0.05) is 22.0 Å². The van der Waals surface area contributed by atoms with Crippen molar-refractivity contribution in [2.45, 2.75) is 32.4 Å². The van der Waals surface area contributed by atoms with Crippen molar-refractivity contribution in [2.75, 3.05) is 5.33 Å². The number of hydrogen-bond donors (Lipinski definition) is 1. The summed E-state index contributed by atoms with van der Waals surface area (Å²) in [6, 6.07) is 3.66. The second kappa shape index (κ2) is 5.73. The van der Waals surface area contributed by atoms with Crippen LogP contribution in [0.5, 0.6) is 0 Å². The number of rotatable bonds is 5. The summed E-state index contributed by atoms with van der Waals surface area (Å²) in [7, 11) is 0. The van der Waals surface area contributed by atoms with Gasteiger partial charge in [0.05, 0.1) is 0 Å². The van der Waals surface area contributed by atoms with Gasteiger partial charge in [0.1, 0.15) is 11.6 Å². The lowest BCUT2D eigenvalue weighted by Gasteiger charge is -2.25. The molecule has 0 amide bonds. The van der Waals surface area contributed by atoms with Gasteiger partial charge in [0.25, 0.3) is 0 Å². The summed E-state index contributed by atoms with van der Waals surface area (Å²) in [5, 5.41) is 4.13. The molecule has 0 spiro atoms. The third kappa shape index (κ3) is 4.18. The van der Waals surface area contributed by atoms with Gasteiger partial charge in [0.15, 0.2) is 0 Å². The topological polar surface area (TPSA) is 12.0 Å². The van der Waals surface area contributed by atoms with Crippen LogP contribution in [0.1, 0.15) is 25.8 Å². The van der Waals surface area contributed by atoms with Crippen LogP contribution in [0, 0.1) is 11.6 Å². The third-order valence-electron chi connectivity index (χ3n) is 2.49. The molecule has 1 nitrogen and oxygen atoms in total. The highest BCUT2D eigenvalue weighted by molar-refractivity contribution is 9.09. The van der Waals surface area contributed by atoms with E-state index in [2.05, 4.69) is 35.1 Å². The second-order valence-corrected chi connectivity index (χ2v) is 5.21. The fraction of sp³-hybridized carbons (Fsp3) is 0.500. The molecule has 1 rings (SSSR count). The lowest BCUT2D eigenvalue weighted by Crippen LogP contribution is -2.39. The summed E-state index contributed by atoms with van der Waals surface area (Å²) >= 11 is 3.37. The monoisotopic (exact) mass is 291 g/mol. The minimum Gasteiger partial charge on any atom is -0.308 e. The first-order chi connectivity index (χ1) is 7.44. The molecule has 0 atom stereocenters. The van der Waals surface area contributed by atoms with Gasteiger partial charge < -0.3 is 5.32 Å². The fourth-order valence-corrected chi connectivity index (χ4v) is 2.32. The van der Waals surface area contributed by atoms with E-state index in [9.17, 15) is 8.78 Å². The molecule has 1 N–H and O–H groups in total. The zero-order valence-corrected chi connectivity index (χ0v) is 11.1. The van der Waals surface area contributed by atoms with Crippen LogP contribution in [-0.2, 0) is 6.54 Å². The van der Waals surface area contributed by atoms with Crippen molar-refractivity contribution in [3.8, 4) is 0 Å². The molecule has 0 heterocycles. The Morgan fingerprint density at radius 1 is 1.31 bits per heavy atom. The van der Waals surface area contributed by atoms with E-state index in [-0.39, 0.29) is 5.54 Å². The SMILES string of the molecule is CC(C)(CCBr)NCc1ccc(F)cc1F. The van der Waals surface area contributed by atoms with Crippen molar-refractivity contribution in [3.63, 3.8) is 0 Å². The highest BCUT2D eigenvalue weighted by atomic mass is 79.9. The average Bonchev–Trinajstić information content (AvgIpc) is 2.16. The number of halogens is 3. The number of benzene rings is 1. The summed E-state index contributed by atoms with van der Waals surface area (Å²) in [5.41, 5.74) is 0.425. The van der Waals surface area contributed by atoms with E-state index in [1.54, 1.807) is 0 Å². The lowest BCUT2D eigenvalue weighted by atomic mass is 10.0. The van der Waals surface area contributed by atoms with Crippen molar-refractivity contribution >= 4 is 15.9 Å². The van der Waals surface area contributed by atoms with Gasteiger partial charge in [-0.05, 0) is 26.3 Å². The van der Waals surface area contributed by atoms with Gasteiger partial charge in [-0.3, -0.25) is 0 Å². The number of nitrogens with one attached hydrogen (secondary N) is 1. The minimum atomic E-state index is -0.541. The highest BCUT2D eigenvalue weighted by Crippen LogP contribution is 2.14. The molecule has 0 radical (unpaired) electrons. The maximum absolute atomic E-state index is 13.3. The summed E-state index contributed by atoms with van der Waals surface area (Å²) < 4.78 is 26.0. The Kier molecular flexibility index (Phi) is 4.87. The molecule has 1 aromatic carbocycles. The van der Waals surface area contributed by atoms with Crippen LogP contribution in [0.25, 0.3) is 0 Å². The first-order valence-electron chi connectivity index (χ1n) is 5.19. The summed E-state index contributed by atoms with van der Waals surface area (Å²) in [6.45, 7) is 4.51. The number of alkyl halides is 1. The van der Waals surface area contributed by atoms with Gasteiger partial charge in [-0.25, -0.2) is 8.78 Å². The van der Waals surface area contributed by atoms with Gasteiger partial charge in [-0.15, -0.1) is 0 Å². The quantitative estimate of drug-likeness (QED) is 0.817. The first kappa shape index (κ1) is 13.6. The molecule has 0 bridgehead atoms. The molecule has 0 saturated heterocycles. The van der Waals surface area contributed by atoms with Crippen molar-refractivity contribution in [1.82, 2.24) is 5.32 Å². The van der Waals surface area contributed by atoms with E-state index in [1.165, 1.54) is 12.1 Å². The van der Waals surface area contributed by atoms with E-state index in [4.69, 9.17) is 0 Å². The predicted octanol–water partition coefficient (Wildman–Crippen LogP) is 3.62. The summed E-state index contributed by atoms with van der Waals surface area (Å²) in [6.07, 6.45) is 0.940. The molecule has 0 aromatic heterocycles. The average molecular weight is 292 g/mol. The Morgan fingerprint density at radius 3 is 2.56 bits per heavy atom. The van der Waals surface area contributed by atoms with Gasteiger partial charge in [-0.2, -0.15) is 0 Å². The molecular formula is C12H16BrF2N. The minimum absolute atomic E-state index is 0.0652.